The Morgan fingerprint density at radius 3 is 2.53 bits per heavy atom. The van der Waals surface area contributed by atoms with Crippen LogP contribution in [0.3, 0.4) is 0 Å². The van der Waals surface area contributed by atoms with Crippen molar-refractivity contribution in [3.8, 4) is 39.7 Å². The zero-order chi connectivity index (χ0) is 22.7. The topological polar surface area (TPSA) is 94.7 Å². The first-order valence-electron chi connectivity index (χ1n) is 9.64. The highest BCUT2D eigenvalue weighted by Crippen LogP contribution is 2.35. The van der Waals surface area contributed by atoms with Crippen molar-refractivity contribution in [3.63, 3.8) is 0 Å². The molecule has 0 atom stereocenters. The summed E-state index contributed by atoms with van der Waals surface area (Å²) in [7, 11) is 3.23. The molecule has 0 aliphatic rings. The molecule has 4 aromatic rings. The van der Waals surface area contributed by atoms with Gasteiger partial charge < -0.3 is 19.1 Å². The van der Waals surface area contributed by atoms with Crippen LogP contribution in [-0.4, -0.2) is 35.4 Å². The number of ether oxygens (including phenoxy) is 2. The number of aromatic carboxylic acids is 1. The van der Waals surface area contributed by atoms with E-state index >= 15 is 0 Å². The van der Waals surface area contributed by atoms with Crippen LogP contribution in [0, 0.1) is 5.82 Å². The summed E-state index contributed by atoms with van der Waals surface area (Å²) in [4.78, 5) is 15.4. The van der Waals surface area contributed by atoms with Crippen molar-refractivity contribution in [2.75, 3.05) is 14.2 Å². The molecule has 0 spiro atoms. The van der Waals surface area contributed by atoms with Crippen LogP contribution in [0.1, 0.15) is 15.9 Å². The van der Waals surface area contributed by atoms with E-state index in [4.69, 9.17) is 19.1 Å². The molecular weight excluding hydrogens is 415 g/mol. The molecule has 0 fully saturated rings. The number of benzene rings is 3. The summed E-state index contributed by atoms with van der Waals surface area (Å²) in [6, 6.07) is 17.0. The summed E-state index contributed by atoms with van der Waals surface area (Å²) < 4.78 is 30.3. The lowest BCUT2D eigenvalue weighted by atomic mass is 9.97. The smallest absolute Gasteiger partial charge is 0.338 e. The zero-order valence-corrected chi connectivity index (χ0v) is 17.3. The van der Waals surface area contributed by atoms with Crippen molar-refractivity contribution >= 4 is 5.97 Å². The van der Waals surface area contributed by atoms with Crippen molar-refractivity contribution in [1.29, 1.82) is 0 Å². The van der Waals surface area contributed by atoms with Gasteiger partial charge in [-0.05, 0) is 47.5 Å². The molecule has 0 bridgehead atoms. The van der Waals surface area contributed by atoms with Crippen molar-refractivity contribution in [3.05, 3.63) is 77.6 Å². The minimum atomic E-state index is -1.34. The first kappa shape index (κ1) is 21.2. The molecule has 0 aliphatic carbocycles. The van der Waals surface area contributed by atoms with E-state index in [0.717, 1.165) is 28.5 Å². The SMILES string of the molecule is COCc1cc(-c2nc(-c3ccc(C(=O)O)c(F)c3)no2)ccc1-c1ccccc1OC. The van der Waals surface area contributed by atoms with Crippen LogP contribution in [-0.2, 0) is 11.3 Å². The molecule has 1 heterocycles. The quantitative estimate of drug-likeness (QED) is 0.434. The molecule has 8 heteroatoms. The van der Waals surface area contributed by atoms with Gasteiger partial charge in [-0.15, -0.1) is 0 Å². The second kappa shape index (κ2) is 8.99. The van der Waals surface area contributed by atoms with Crippen molar-refractivity contribution in [1.82, 2.24) is 10.1 Å². The number of rotatable bonds is 7. The van der Waals surface area contributed by atoms with Crippen LogP contribution in [0.2, 0.25) is 0 Å². The predicted octanol–water partition coefficient (Wildman–Crippen LogP) is 5.06. The predicted molar refractivity (Wildman–Crippen MR) is 115 cm³/mol. The second-order valence-electron chi connectivity index (χ2n) is 6.93. The summed E-state index contributed by atoms with van der Waals surface area (Å²) in [6.45, 7) is 0.351. The van der Waals surface area contributed by atoms with E-state index in [1.165, 1.54) is 12.1 Å². The van der Waals surface area contributed by atoms with E-state index < -0.39 is 17.3 Å². The minimum Gasteiger partial charge on any atom is -0.496 e. The molecule has 0 saturated carbocycles. The number of nitrogens with zero attached hydrogens (tertiary/aromatic N) is 2. The average molecular weight is 434 g/mol. The summed E-state index contributed by atoms with van der Waals surface area (Å²) >= 11 is 0. The van der Waals surface area contributed by atoms with Gasteiger partial charge in [0, 0.05) is 23.8 Å². The Hall–Kier alpha value is -4.04. The highest BCUT2D eigenvalue weighted by atomic mass is 19.1. The lowest BCUT2D eigenvalue weighted by molar-refractivity contribution is 0.0692. The van der Waals surface area contributed by atoms with E-state index in [1.54, 1.807) is 14.2 Å². The molecule has 162 valence electrons. The van der Waals surface area contributed by atoms with Crippen molar-refractivity contribution < 1.29 is 28.3 Å². The third kappa shape index (κ3) is 4.08. The fraction of sp³-hybridized carbons (Fsp3) is 0.125. The van der Waals surface area contributed by atoms with Gasteiger partial charge in [0.1, 0.15) is 11.6 Å². The third-order valence-corrected chi connectivity index (χ3v) is 4.93. The highest BCUT2D eigenvalue weighted by molar-refractivity contribution is 5.88. The van der Waals surface area contributed by atoms with Gasteiger partial charge in [-0.3, -0.25) is 0 Å². The number of aromatic nitrogens is 2. The van der Waals surface area contributed by atoms with Gasteiger partial charge in [-0.25, -0.2) is 9.18 Å². The molecular formula is C24H19FN2O5. The maximum Gasteiger partial charge on any atom is 0.338 e. The van der Waals surface area contributed by atoms with Crippen molar-refractivity contribution in [2.45, 2.75) is 6.61 Å². The zero-order valence-electron chi connectivity index (χ0n) is 17.3. The molecule has 0 radical (unpaired) electrons. The molecule has 3 aromatic carbocycles. The number of hydrogen-bond acceptors (Lipinski definition) is 6. The van der Waals surface area contributed by atoms with Gasteiger partial charge in [0.05, 0.1) is 19.3 Å². The number of carbonyl (C=O) groups is 1. The van der Waals surface area contributed by atoms with Gasteiger partial charge in [0.2, 0.25) is 5.82 Å². The second-order valence-corrected chi connectivity index (χ2v) is 6.93. The van der Waals surface area contributed by atoms with E-state index in [1.807, 2.05) is 42.5 Å². The highest BCUT2D eigenvalue weighted by Gasteiger charge is 2.17. The Labute approximate surface area is 183 Å². The molecule has 1 N–H and O–H groups in total. The summed E-state index contributed by atoms with van der Waals surface area (Å²) in [5, 5.41) is 12.9. The van der Waals surface area contributed by atoms with E-state index in [0.29, 0.717) is 17.7 Å². The minimum absolute atomic E-state index is 0.151. The monoisotopic (exact) mass is 434 g/mol. The van der Waals surface area contributed by atoms with E-state index in [-0.39, 0.29) is 11.7 Å². The maximum absolute atomic E-state index is 14.0. The van der Waals surface area contributed by atoms with E-state index in [9.17, 15) is 9.18 Å². The Morgan fingerprint density at radius 1 is 1.03 bits per heavy atom. The molecule has 32 heavy (non-hydrogen) atoms. The Morgan fingerprint density at radius 2 is 1.81 bits per heavy atom. The molecule has 1 aromatic heterocycles. The van der Waals surface area contributed by atoms with Gasteiger partial charge in [-0.2, -0.15) is 4.98 Å². The first-order valence-corrected chi connectivity index (χ1v) is 9.64. The number of methoxy groups -OCH3 is 2. The first-order chi connectivity index (χ1) is 15.5. The largest absolute Gasteiger partial charge is 0.496 e. The van der Waals surface area contributed by atoms with Crippen LogP contribution in [0.25, 0.3) is 34.0 Å². The van der Waals surface area contributed by atoms with Crippen LogP contribution >= 0.6 is 0 Å². The average Bonchev–Trinajstić information content (AvgIpc) is 3.29. The fourth-order valence-corrected chi connectivity index (χ4v) is 3.42. The lowest BCUT2D eigenvalue weighted by Crippen LogP contribution is -2.00. The van der Waals surface area contributed by atoms with Gasteiger partial charge in [0.25, 0.3) is 5.89 Å². The summed E-state index contributed by atoms with van der Waals surface area (Å²) in [5.41, 5.74) is 3.31. The number of hydrogen-bond donors (Lipinski definition) is 1. The molecule has 0 saturated heterocycles. The third-order valence-electron chi connectivity index (χ3n) is 4.93. The summed E-state index contributed by atoms with van der Waals surface area (Å²) in [6.07, 6.45) is 0. The summed E-state index contributed by atoms with van der Waals surface area (Å²) in [5.74, 6) is -1.08. The Kier molecular flexibility index (Phi) is 5.96. The lowest BCUT2D eigenvalue weighted by Gasteiger charge is -2.13. The van der Waals surface area contributed by atoms with Crippen LogP contribution in [0.5, 0.6) is 5.75 Å². The number of carboxylic acids is 1. The Bertz CT molecular complexity index is 1290. The van der Waals surface area contributed by atoms with Gasteiger partial charge in [0.15, 0.2) is 0 Å². The Balaban J connectivity index is 1.71. The number of para-hydroxylation sites is 1. The standard InChI is InChI=1S/C24H19FN2O5/c1-30-13-16-11-15(8-9-17(16)18-5-3-4-6-21(18)31-2)23-26-22(27-32-23)14-7-10-19(24(28)29)20(25)12-14/h3-12H,13H2,1-2H3,(H,28,29). The molecule has 0 aliphatic heterocycles. The molecule has 4 rings (SSSR count). The normalized spacial score (nSPS) is 10.8. The van der Waals surface area contributed by atoms with Gasteiger partial charge in [-0.1, -0.05) is 29.4 Å². The molecule has 0 unspecified atom stereocenters. The van der Waals surface area contributed by atoms with Crippen LogP contribution in [0.4, 0.5) is 4.39 Å². The fourth-order valence-electron chi connectivity index (χ4n) is 3.42. The van der Waals surface area contributed by atoms with Crippen molar-refractivity contribution in [2.24, 2.45) is 0 Å². The van der Waals surface area contributed by atoms with E-state index in [2.05, 4.69) is 10.1 Å². The van der Waals surface area contributed by atoms with Crippen LogP contribution in [0.15, 0.2) is 65.2 Å². The number of halogens is 1. The van der Waals surface area contributed by atoms with Gasteiger partial charge >= 0.3 is 5.97 Å². The number of carboxylic acid groups (broad SMARTS) is 1. The molecule has 0 amide bonds. The maximum atomic E-state index is 14.0. The molecule has 7 nitrogen and oxygen atoms in total. The van der Waals surface area contributed by atoms with Crippen LogP contribution < -0.4 is 4.74 Å².